The van der Waals surface area contributed by atoms with Crippen LogP contribution in [0.4, 0.5) is 22.7 Å². The number of para-hydroxylation sites is 8. The molecular formula is C74H84Co2N10O34Tb4. The van der Waals surface area contributed by atoms with Gasteiger partial charge in [0, 0.05) is 90.1 Å². The molecule has 0 atom stereocenters. The van der Waals surface area contributed by atoms with Gasteiger partial charge in [-0.2, -0.15) is 0 Å². The first-order valence-corrected chi connectivity index (χ1v) is 31.7. The first kappa shape index (κ1) is 153. The second-order valence-electron chi connectivity index (χ2n) is 19.9. The van der Waals surface area contributed by atoms with E-state index in [0.717, 1.165) is 40.5 Å². The van der Waals surface area contributed by atoms with Crippen LogP contribution in [0, 0.1) is 216 Å². The molecule has 50 heteroatoms. The Bertz CT molecular complexity index is 3590. The number of aliphatic hydroxyl groups is 2. The molecule has 8 aromatic carbocycles. The fraction of sp³-hybridized carbons (Fsp3) is 0.216. The largest absolute Gasteiger partial charge is 3.00 e. The van der Waals surface area contributed by atoms with Crippen LogP contribution in [0.2, 0.25) is 0 Å². The number of hydrogen-bond donors (Lipinski definition) is 2. The molecule has 124 heavy (non-hydrogen) atoms. The van der Waals surface area contributed by atoms with E-state index in [1.807, 2.05) is 24.3 Å². The minimum atomic E-state index is -1.75. The van der Waals surface area contributed by atoms with Crippen LogP contribution in [0.3, 0.4) is 0 Å². The van der Waals surface area contributed by atoms with E-state index in [1.54, 1.807) is 188 Å². The van der Waals surface area contributed by atoms with Crippen LogP contribution in [0.15, 0.2) is 214 Å². The Hall–Kier alpha value is -8.90. The number of aliphatic hydroxyl groups excluding tert-OH is 2. The van der Waals surface area contributed by atoms with Crippen LogP contribution in [0.5, 0.6) is 23.0 Å². The van der Waals surface area contributed by atoms with Crippen molar-refractivity contribution in [3.63, 3.8) is 0 Å². The van der Waals surface area contributed by atoms with Crippen LogP contribution in [-0.2, 0) is 88.8 Å². The van der Waals surface area contributed by atoms with Crippen molar-refractivity contribution >= 4 is 84.3 Å². The van der Waals surface area contributed by atoms with Crippen molar-refractivity contribution < 1.29 is 320 Å². The summed E-state index contributed by atoms with van der Waals surface area (Å²) in [6.07, 6.45) is 7.49. The van der Waals surface area contributed by atoms with Crippen molar-refractivity contribution in [3.8, 4) is 23.0 Å². The predicted octanol–water partition coefficient (Wildman–Crippen LogP) is -1.40. The first-order valence-electron chi connectivity index (χ1n) is 31.7. The Morgan fingerprint density at radius 1 is 0.323 bits per heavy atom. The molecule has 8 aromatic rings. The number of rotatable bonds is 14. The molecule has 8 rings (SSSR count). The van der Waals surface area contributed by atoms with Crippen LogP contribution in [0.1, 0.15) is 86.1 Å². The third-order valence-electron chi connectivity index (χ3n) is 10.1. The summed E-state index contributed by atoms with van der Waals surface area (Å²) in [5.41, 5.74) is 7.08. The van der Waals surface area contributed by atoms with Gasteiger partial charge < -0.3 is 173 Å². The van der Waals surface area contributed by atoms with Crippen LogP contribution in [0.25, 0.3) is 0 Å². The summed E-state index contributed by atoms with van der Waals surface area (Å²) in [5.74, 6) is -4.63. The summed E-state index contributed by atoms with van der Waals surface area (Å²) in [7, 11) is 6.75. The average Bonchev–Trinajstić information content (AvgIpc) is 0.889. The van der Waals surface area contributed by atoms with Gasteiger partial charge in [-0.3, -0.25) is 29.6 Å². The molecule has 0 aromatic heterocycles. The quantitative estimate of drug-likeness (QED) is 0.0547. The normalized spacial score (nSPS) is 8.39. The first-order chi connectivity index (χ1) is 54.5. The van der Waals surface area contributed by atoms with Crippen molar-refractivity contribution in [2.45, 2.75) is 68.0 Å². The molecule has 0 saturated carbocycles. The van der Waals surface area contributed by atoms with Crippen LogP contribution in [-0.4, -0.2) is 154 Å². The maximum Gasteiger partial charge on any atom is 3.00 e. The van der Waals surface area contributed by atoms with Gasteiger partial charge in [-0.25, -0.2) is 0 Å². The van der Waals surface area contributed by atoms with Crippen LogP contribution < -0.4 is 61.3 Å². The zero-order valence-electron chi connectivity index (χ0n) is 66.7. The van der Waals surface area contributed by atoms with Gasteiger partial charge in [-0.1, -0.05) is 170 Å². The Morgan fingerprint density at radius 2 is 0.427 bits per heavy atom. The number of aliphatic carboxylic acids is 4. The molecule has 0 bridgehead atoms. The zero-order valence-corrected chi connectivity index (χ0v) is 77.3. The third-order valence-corrected chi connectivity index (χ3v) is 10.1. The molecule has 0 aliphatic heterocycles. The molecule has 0 unspecified atom stereocenters. The summed E-state index contributed by atoms with van der Waals surface area (Å²) in [4.78, 5) is 107. The van der Waals surface area contributed by atoms with Crippen molar-refractivity contribution in [1.82, 2.24) is 9.80 Å². The van der Waals surface area contributed by atoms with Gasteiger partial charge >= 0.3 is 188 Å². The average molecular weight is 2410 g/mol. The second-order valence-corrected chi connectivity index (χ2v) is 19.9. The Balaban J connectivity index is -0.0000000751. The number of aliphatic imine (C=N–C) groups is 4. The molecule has 2 amide bonds. The number of carboxylic acids is 4. The van der Waals surface area contributed by atoms with E-state index < -0.39 is 44.2 Å². The monoisotopic (exact) mass is 2410 g/mol. The summed E-state index contributed by atoms with van der Waals surface area (Å²) < 4.78 is 0. The Labute approximate surface area is 856 Å². The fourth-order valence-electron chi connectivity index (χ4n) is 5.94. The minimum absolute atomic E-state index is 0. The molecule has 0 radical (unpaired) electrons. The summed E-state index contributed by atoms with van der Waals surface area (Å²) >= 11 is 0. The molecule has 0 heterocycles. The molecule has 688 valence electrons. The van der Waals surface area contributed by atoms with Crippen molar-refractivity contribution in [3.05, 3.63) is 300 Å². The van der Waals surface area contributed by atoms with Crippen molar-refractivity contribution in [2.75, 3.05) is 41.4 Å². The summed E-state index contributed by atoms with van der Waals surface area (Å²) in [6.45, 7) is 6.50. The Kier molecular flexibility index (Phi) is 131. The maximum atomic E-state index is 11.4. The second kappa shape index (κ2) is 106. The van der Waals surface area contributed by atoms with Gasteiger partial charge in [0.05, 0.1) is 43.1 Å². The van der Waals surface area contributed by atoms with Gasteiger partial charge in [0.2, 0.25) is 12.8 Å². The van der Waals surface area contributed by atoms with E-state index >= 15 is 0 Å². The van der Waals surface area contributed by atoms with E-state index in [0.29, 0.717) is 67.3 Å². The third kappa shape index (κ3) is 115. The van der Waals surface area contributed by atoms with Crippen LogP contribution >= 0.6 is 0 Å². The van der Waals surface area contributed by atoms with E-state index in [9.17, 15) is 50.4 Å². The molecule has 0 aliphatic carbocycles. The molecule has 4 N–H and O–H groups in total. The number of carbonyl (C=O) groups is 6. The smallest absolute Gasteiger partial charge is 0.872 e. The number of carbonyl (C=O) groups excluding carboxylic acids is 6. The summed E-state index contributed by atoms with van der Waals surface area (Å²) in [5, 5.41) is 199. The maximum absolute atomic E-state index is 11.4. The SMILES string of the molecule is CC(=O)[O-].CC(=O)[O-].CC(=O)[O-].CC(=O)[O-].CCO.CCO.CN(C)C=O.CN(C)C=O.O=[N+]([O-])[O-].O=[N+]([O-])[O-].O=[N+]([O-])[O-].O=[N+]([O-])[O-].[Co+3].[Co+3].[O-]Cc1ccccc1N=Cc1ccccc1[O-].[O-]Cc1ccccc1N=Cc1ccccc1[O-].[O-]Cc1ccccc1N=Cc1ccccc1[O-].[O-]Cc1ccccc1N=Cc1ccccc1[O-].[OH-].[OH-].[Tb+3].[Tb+3].[Tb+3].[Tb+3]. The number of amides is 2. The molecule has 0 saturated heterocycles. The molecule has 44 nitrogen and oxygen atoms in total. The van der Waals surface area contributed by atoms with Gasteiger partial charge in [-0.15, -0.1) is 49.4 Å². The molecule has 0 spiro atoms. The van der Waals surface area contributed by atoms with Crippen molar-refractivity contribution in [1.29, 1.82) is 0 Å². The number of nitrogens with zero attached hydrogens (tertiary/aromatic N) is 10. The Morgan fingerprint density at radius 3 is 0.532 bits per heavy atom. The van der Waals surface area contributed by atoms with Gasteiger partial charge in [0.15, 0.2) is 0 Å². The minimum Gasteiger partial charge on any atom is -0.872 e. The van der Waals surface area contributed by atoms with Gasteiger partial charge in [0.1, 0.15) is 0 Å². The van der Waals surface area contributed by atoms with Gasteiger partial charge in [-0.05, 0) is 110 Å². The molecule has 0 aliphatic rings. The number of carboxylic acid groups (broad SMARTS) is 4. The van der Waals surface area contributed by atoms with Crippen molar-refractivity contribution in [2.24, 2.45) is 20.0 Å². The molecule has 0 fully saturated rings. The summed E-state index contributed by atoms with van der Waals surface area (Å²) in [6, 6.07) is 55.1. The fourth-order valence-corrected chi connectivity index (χ4v) is 5.94. The number of benzene rings is 8. The number of hydrogen-bond acceptors (Lipinski definition) is 38. The topological polar surface area (TPSA) is 800 Å². The van der Waals surface area contributed by atoms with E-state index in [1.165, 1.54) is 58.9 Å². The zero-order chi connectivity index (χ0) is 91.0. The van der Waals surface area contributed by atoms with Gasteiger partial charge in [0.25, 0.3) is 0 Å². The predicted molar refractivity (Wildman–Crippen MR) is 406 cm³/mol. The molecular weight excluding hydrogens is 2330 g/mol. The standard InChI is InChI=1S/4C14H12NO2.2C3H7NO.4C2H4O2.2C2H6O.2Co.4NO3.2H2O.4Tb/c4*16-10-12-6-1-3-7-13(12)15-9-11-5-2-4-8-14(11)17;2*1-4(2)3-5;4*1-2(3)4;2*1-2-3;;;4*2-1(3)4;;;;;;/h4*1-9,17H,10H2;2*3H,1-2H3;4*1H3,(H,3,4);2*3H,2H2,1H3;;;;;;;2*1H2;;;;/q4*-1;;;;;;;;;2*+3;4*-1;;;4*+3/p-10. The van der Waals surface area contributed by atoms with E-state index in [-0.39, 0.29) is 262 Å². The van der Waals surface area contributed by atoms with E-state index in [2.05, 4.69) is 20.0 Å². The van der Waals surface area contributed by atoms with E-state index in [4.69, 9.17) is 111 Å².